The fourth-order valence-corrected chi connectivity index (χ4v) is 2.52. The van der Waals surface area contributed by atoms with Gasteiger partial charge in [0.25, 0.3) is 0 Å². The second kappa shape index (κ2) is 8.42. The summed E-state index contributed by atoms with van der Waals surface area (Å²) in [6, 6.07) is 15.2. The minimum Gasteiger partial charge on any atom is -0.384 e. The molecule has 0 radical (unpaired) electrons. The largest absolute Gasteiger partial charge is 0.384 e. The van der Waals surface area contributed by atoms with E-state index in [4.69, 9.17) is 5.73 Å². The van der Waals surface area contributed by atoms with Gasteiger partial charge in [-0.3, -0.25) is 0 Å². The van der Waals surface area contributed by atoms with E-state index in [9.17, 15) is 0 Å². The van der Waals surface area contributed by atoms with E-state index >= 15 is 0 Å². The number of nitrogens with two attached hydrogens (primary N) is 1. The van der Waals surface area contributed by atoms with Crippen molar-refractivity contribution in [2.45, 2.75) is 38.6 Å². The van der Waals surface area contributed by atoms with Crippen LogP contribution < -0.4 is 11.1 Å². The summed E-state index contributed by atoms with van der Waals surface area (Å²) in [5.41, 5.74) is 8.42. The van der Waals surface area contributed by atoms with E-state index in [1.54, 1.807) is 6.20 Å². The lowest BCUT2D eigenvalue weighted by atomic mass is 9.99. The van der Waals surface area contributed by atoms with Gasteiger partial charge in [-0.25, -0.2) is 4.98 Å². The van der Waals surface area contributed by atoms with E-state index < -0.39 is 0 Å². The Morgan fingerprint density at radius 3 is 2.67 bits per heavy atom. The van der Waals surface area contributed by atoms with Gasteiger partial charge in [0, 0.05) is 12.2 Å². The Morgan fingerprint density at radius 1 is 1.14 bits per heavy atom. The van der Waals surface area contributed by atoms with Gasteiger partial charge in [0.05, 0.1) is 0 Å². The Morgan fingerprint density at radius 2 is 1.95 bits per heavy atom. The van der Waals surface area contributed by atoms with Crippen molar-refractivity contribution >= 4 is 5.82 Å². The number of pyridine rings is 1. The van der Waals surface area contributed by atoms with Crippen LogP contribution in [0, 0.1) is 0 Å². The van der Waals surface area contributed by atoms with Crippen molar-refractivity contribution in [2.75, 3.05) is 12.3 Å². The van der Waals surface area contributed by atoms with Crippen molar-refractivity contribution in [1.29, 1.82) is 0 Å². The number of nitrogen functional groups attached to an aromatic ring is 1. The molecule has 1 atom stereocenters. The molecule has 2 rings (SSSR count). The van der Waals surface area contributed by atoms with Crippen molar-refractivity contribution in [3.05, 3.63) is 59.8 Å². The van der Waals surface area contributed by atoms with Crippen LogP contribution in [0.15, 0.2) is 48.7 Å². The highest BCUT2D eigenvalue weighted by Crippen LogP contribution is 2.11. The summed E-state index contributed by atoms with van der Waals surface area (Å²) in [6.07, 6.45) is 6.17. The number of nitrogens with zero attached hydrogens (tertiary/aromatic N) is 1. The molecule has 0 spiro atoms. The Balaban J connectivity index is 1.94. The molecule has 0 fully saturated rings. The maximum absolute atomic E-state index is 5.77. The predicted molar refractivity (Wildman–Crippen MR) is 89.2 cm³/mol. The maximum Gasteiger partial charge on any atom is 0.123 e. The second-order valence-electron chi connectivity index (χ2n) is 5.47. The monoisotopic (exact) mass is 283 g/mol. The maximum atomic E-state index is 5.77. The molecule has 0 aliphatic heterocycles. The van der Waals surface area contributed by atoms with Gasteiger partial charge >= 0.3 is 0 Å². The number of aromatic nitrogens is 1. The van der Waals surface area contributed by atoms with E-state index in [1.165, 1.54) is 11.1 Å². The molecule has 0 saturated carbocycles. The predicted octanol–water partition coefficient (Wildman–Crippen LogP) is 3.21. The highest BCUT2D eigenvalue weighted by atomic mass is 14.9. The SMILES string of the molecule is CCCNC(CCc1ccccc1)Cc1ccnc(N)c1. The zero-order valence-corrected chi connectivity index (χ0v) is 12.8. The number of anilines is 1. The Labute approximate surface area is 127 Å². The highest BCUT2D eigenvalue weighted by molar-refractivity contribution is 5.32. The molecular weight excluding hydrogens is 258 g/mol. The van der Waals surface area contributed by atoms with Crippen molar-refractivity contribution in [2.24, 2.45) is 0 Å². The minimum absolute atomic E-state index is 0.479. The van der Waals surface area contributed by atoms with Crippen LogP contribution in [0.25, 0.3) is 0 Å². The molecule has 3 N–H and O–H groups in total. The molecular formula is C18H25N3. The lowest BCUT2D eigenvalue weighted by molar-refractivity contribution is 0.477. The van der Waals surface area contributed by atoms with E-state index in [-0.39, 0.29) is 0 Å². The fraction of sp³-hybridized carbons (Fsp3) is 0.389. The molecule has 1 unspecified atom stereocenters. The third-order valence-electron chi connectivity index (χ3n) is 3.63. The number of rotatable bonds is 8. The smallest absolute Gasteiger partial charge is 0.123 e. The standard InChI is InChI=1S/C18H25N3/c1-2-11-20-17(9-8-15-6-4-3-5-7-15)13-16-10-12-21-18(19)14-16/h3-7,10,12,14,17,20H,2,8-9,11,13H2,1H3,(H2,19,21). The molecule has 1 aromatic carbocycles. The first-order chi connectivity index (χ1) is 10.3. The van der Waals surface area contributed by atoms with Crippen molar-refractivity contribution in [3.8, 4) is 0 Å². The van der Waals surface area contributed by atoms with Gasteiger partial charge in [0.15, 0.2) is 0 Å². The molecule has 2 aromatic rings. The Kier molecular flexibility index (Phi) is 6.22. The van der Waals surface area contributed by atoms with Gasteiger partial charge in [0.2, 0.25) is 0 Å². The summed E-state index contributed by atoms with van der Waals surface area (Å²) in [6.45, 7) is 3.26. The fourth-order valence-electron chi connectivity index (χ4n) is 2.52. The number of aryl methyl sites for hydroxylation is 1. The molecule has 0 saturated heterocycles. The Hall–Kier alpha value is -1.87. The van der Waals surface area contributed by atoms with Gasteiger partial charge < -0.3 is 11.1 Å². The van der Waals surface area contributed by atoms with E-state index in [2.05, 4.69) is 53.6 Å². The van der Waals surface area contributed by atoms with Crippen molar-refractivity contribution in [1.82, 2.24) is 10.3 Å². The molecule has 0 aliphatic rings. The third-order valence-corrected chi connectivity index (χ3v) is 3.63. The quantitative estimate of drug-likeness (QED) is 0.782. The molecule has 1 heterocycles. The highest BCUT2D eigenvalue weighted by Gasteiger charge is 2.09. The molecule has 1 aromatic heterocycles. The average molecular weight is 283 g/mol. The van der Waals surface area contributed by atoms with Crippen LogP contribution in [0.2, 0.25) is 0 Å². The Bertz CT molecular complexity index is 525. The van der Waals surface area contributed by atoms with E-state index in [0.29, 0.717) is 11.9 Å². The number of nitrogens with one attached hydrogen (secondary N) is 1. The lowest BCUT2D eigenvalue weighted by Gasteiger charge is -2.19. The van der Waals surface area contributed by atoms with Crippen molar-refractivity contribution in [3.63, 3.8) is 0 Å². The van der Waals surface area contributed by atoms with E-state index in [1.807, 2.05) is 6.07 Å². The minimum atomic E-state index is 0.479. The van der Waals surface area contributed by atoms with E-state index in [0.717, 1.165) is 32.2 Å². The summed E-state index contributed by atoms with van der Waals surface area (Å²) in [5.74, 6) is 0.602. The van der Waals surface area contributed by atoms with Crippen LogP contribution in [0.1, 0.15) is 30.9 Å². The first-order valence-corrected chi connectivity index (χ1v) is 7.75. The number of hydrogen-bond donors (Lipinski definition) is 2. The first kappa shape index (κ1) is 15.5. The van der Waals surface area contributed by atoms with Gasteiger partial charge in [-0.05, 0) is 55.5 Å². The third kappa shape index (κ3) is 5.56. The summed E-state index contributed by atoms with van der Waals surface area (Å²) in [5, 5.41) is 3.65. The average Bonchev–Trinajstić information content (AvgIpc) is 2.51. The summed E-state index contributed by atoms with van der Waals surface area (Å²) in [7, 11) is 0. The number of benzene rings is 1. The molecule has 3 heteroatoms. The molecule has 21 heavy (non-hydrogen) atoms. The first-order valence-electron chi connectivity index (χ1n) is 7.75. The molecule has 112 valence electrons. The van der Waals surface area contributed by atoms with Crippen LogP contribution in [0.4, 0.5) is 5.82 Å². The van der Waals surface area contributed by atoms with Gasteiger partial charge in [-0.2, -0.15) is 0 Å². The molecule has 3 nitrogen and oxygen atoms in total. The van der Waals surface area contributed by atoms with Crippen LogP contribution in [0.3, 0.4) is 0 Å². The summed E-state index contributed by atoms with van der Waals surface area (Å²) in [4.78, 5) is 4.06. The molecule has 0 aliphatic carbocycles. The van der Waals surface area contributed by atoms with Crippen molar-refractivity contribution < 1.29 is 0 Å². The lowest BCUT2D eigenvalue weighted by Crippen LogP contribution is -2.32. The van der Waals surface area contributed by atoms with Crippen LogP contribution >= 0.6 is 0 Å². The van der Waals surface area contributed by atoms with Gasteiger partial charge in [-0.1, -0.05) is 37.3 Å². The molecule has 0 bridgehead atoms. The topological polar surface area (TPSA) is 50.9 Å². The number of hydrogen-bond acceptors (Lipinski definition) is 3. The zero-order chi connectivity index (χ0) is 14.9. The van der Waals surface area contributed by atoms with Gasteiger partial charge in [0.1, 0.15) is 5.82 Å². The van der Waals surface area contributed by atoms with Crippen LogP contribution in [0.5, 0.6) is 0 Å². The van der Waals surface area contributed by atoms with Crippen LogP contribution in [-0.4, -0.2) is 17.6 Å². The van der Waals surface area contributed by atoms with Crippen LogP contribution in [-0.2, 0) is 12.8 Å². The zero-order valence-electron chi connectivity index (χ0n) is 12.8. The summed E-state index contributed by atoms with van der Waals surface area (Å²) >= 11 is 0. The second-order valence-corrected chi connectivity index (χ2v) is 5.47. The normalized spacial score (nSPS) is 12.2. The molecule has 0 amide bonds. The van der Waals surface area contributed by atoms with Gasteiger partial charge in [-0.15, -0.1) is 0 Å². The summed E-state index contributed by atoms with van der Waals surface area (Å²) < 4.78 is 0.